The van der Waals surface area contributed by atoms with Crippen molar-refractivity contribution in [2.24, 2.45) is 5.73 Å². The van der Waals surface area contributed by atoms with E-state index in [-0.39, 0.29) is 10.3 Å². The molecule has 2 aromatic carbocycles. The van der Waals surface area contributed by atoms with E-state index < -0.39 is 5.82 Å². The monoisotopic (exact) mass is 369 g/mol. The van der Waals surface area contributed by atoms with Gasteiger partial charge in [0.1, 0.15) is 5.84 Å². The average Bonchev–Trinajstić information content (AvgIpc) is 2.43. The molecule has 0 radical (unpaired) electrons. The third-order valence-corrected chi connectivity index (χ3v) is 4.27. The second-order valence-electron chi connectivity index (χ2n) is 4.62. The van der Waals surface area contributed by atoms with Crippen LogP contribution in [-0.2, 0) is 6.54 Å². The fourth-order valence-electron chi connectivity index (χ4n) is 2.01. The lowest BCUT2D eigenvalue weighted by Gasteiger charge is -2.22. The summed E-state index contributed by atoms with van der Waals surface area (Å²) in [7, 11) is 1.78. The van der Waals surface area contributed by atoms with Gasteiger partial charge in [0.05, 0.1) is 10.2 Å². The largest absolute Gasteiger partial charge is 0.384 e. The summed E-state index contributed by atoms with van der Waals surface area (Å²) in [6, 6.07) is 10.7. The van der Waals surface area contributed by atoms with E-state index in [1.165, 1.54) is 0 Å². The maximum absolute atomic E-state index is 14.4. The standard InChI is InChI=1S/C15H14BrClFN3/c1-21(8-9-4-2-3-5-11(9)17)12-7-6-10(15(19)20)13(16)14(12)18/h2-7H,8H2,1H3,(H3,19,20). The Morgan fingerprint density at radius 2 is 2.00 bits per heavy atom. The van der Waals surface area contributed by atoms with Crippen LogP contribution in [0.25, 0.3) is 0 Å². The molecule has 2 rings (SSSR count). The summed E-state index contributed by atoms with van der Waals surface area (Å²) in [6.45, 7) is 0.475. The van der Waals surface area contributed by atoms with E-state index in [1.807, 2.05) is 18.2 Å². The number of anilines is 1. The molecular weight excluding hydrogens is 357 g/mol. The highest BCUT2D eigenvalue weighted by molar-refractivity contribution is 9.10. The van der Waals surface area contributed by atoms with Crippen LogP contribution in [0.5, 0.6) is 0 Å². The van der Waals surface area contributed by atoms with Crippen molar-refractivity contribution in [1.29, 1.82) is 5.41 Å². The van der Waals surface area contributed by atoms with Gasteiger partial charge in [-0.3, -0.25) is 5.41 Å². The second-order valence-corrected chi connectivity index (χ2v) is 5.82. The Morgan fingerprint density at radius 3 is 2.62 bits per heavy atom. The summed E-state index contributed by atoms with van der Waals surface area (Å²) in [5.74, 6) is -0.627. The molecule has 0 aliphatic heterocycles. The lowest BCUT2D eigenvalue weighted by molar-refractivity contribution is 0.615. The third-order valence-electron chi connectivity index (χ3n) is 3.13. The molecule has 6 heteroatoms. The molecule has 0 saturated carbocycles. The van der Waals surface area contributed by atoms with Crippen molar-refractivity contribution in [3.05, 3.63) is 62.8 Å². The first kappa shape index (κ1) is 15.8. The molecule has 0 aromatic heterocycles. The van der Waals surface area contributed by atoms with Gasteiger partial charge >= 0.3 is 0 Å². The summed E-state index contributed by atoms with van der Waals surface area (Å²) < 4.78 is 14.6. The molecule has 0 heterocycles. The first-order valence-corrected chi connectivity index (χ1v) is 7.36. The van der Waals surface area contributed by atoms with Gasteiger partial charge in [-0.05, 0) is 39.7 Å². The van der Waals surface area contributed by atoms with Crippen LogP contribution >= 0.6 is 27.5 Å². The lowest BCUT2D eigenvalue weighted by Crippen LogP contribution is -2.19. The van der Waals surface area contributed by atoms with Crippen molar-refractivity contribution >= 4 is 39.1 Å². The lowest BCUT2D eigenvalue weighted by atomic mass is 10.1. The SMILES string of the molecule is CN(Cc1ccccc1Cl)c1ccc(C(=N)N)c(Br)c1F. The molecule has 2 aromatic rings. The molecule has 3 nitrogen and oxygen atoms in total. The number of nitrogens with one attached hydrogen (secondary N) is 1. The fourth-order valence-corrected chi connectivity index (χ4v) is 2.75. The van der Waals surface area contributed by atoms with Crippen LogP contribution in [0.4, 0.5) is 10.1 Å². The Kier molecular flexibility index (Phi) is 4.85. The van der Waals surface area contributed by atoms with Gasteiger partial charge in [0, 0.05) is 24.2 Å². The molecule has 0 unspecified atom stereocenters. The van der Waals surface area contributed by atoms with Crippen molar-refractivity contribution in [2.45, 2.75) is 6.54 Å². The van der Waals surface area contributed by atoms with Crippen molar-refractivity contribution < 1.29 is 4.39 Å². The van der Waals surface area contributed by atoms with Gasteiger partial charge < -0.3 is 10.6 Å². The van der Waals surface area contributed by atoms with Crippen LogP contribution in [0.3, 0.4) is 0 Å². The van der Waals surface area contributed by atoms with Crippen molar-refractivity contribution in [3.8, 4) is 0 Å². The first-order valence-electron chi connectivity index (χ1n) is 6.18. The highest BCUT2D eigenvalue weighted by Gasteiger charge is 2.16. The van der Waals surface area contributed by atoms with E-state index in [0.717, 1.165) is 5.56 Å². The molecule has 0 bridgehead atoms. The van der Waals surface area contributed by atoms with E-state index in [4.69, 9.17) is 22.7 Å². The van der Waals surface area contributed by atoms with Crippen LogP contribution < -0.4 is 10.6 Å². The fraction of sp³-hybridized carbons (Fsp3) is 0.133. The number of nitrogen functional groups attached to an aromatic ring is 1. The van der Waals surface area contributed by atoms with E-state index in [9.17, 15) is 4.39 Å². The minimum atomic E-state index is -0.447. The minimum absolute atomic E-state index is 0.180. The maximum atomic E-state index is 14.4. The first-order chi connectivity index (χ1) is 9.91. The van der Waals surface area contributed by atoms with Crippen molar-refractivity contribution in [1.82, 2.24) is 0 Å². The minimum Gasteiger partial charge on any atom is -0.384 e. The number of nitrogens with two attached hydrogens (primary N) is 1. The van der Waals surface area contributed by atoms with Gasteiger partial charge in [0.15, 0.2) is 5.82 Å². The molecule has 3 N–H and O–H groups in total. The van der Waals surface area contributed by atoms with Crippen LogP contribution in [0.15, 0.2) is 40.9 Å². The zero-order chi connectivity index (χ0) is 15.6. The third kappa shape index (κ3) is 3.36. The number of nitrogens with zero attached hydrogens (tertiary/aromatic N) is 1. The maximum Gasteiger partial charge on any atom is 0.161 e. The molecule has 0 amide bonds. The highest BCUT2D eigenvalue weighted by atomic mass is 79.9. The number of rotatable bonds is 4. The van der Waals surface area contributed by atoms with Crippen molar-refractivity contribution in [2.75, 3.05) is 11.9 Å². The smallest absolute Gasteiger partial charge is 0.161 e. The van der Waals surface area contributed by atoms with Gasteiger partial charge in [-0.25, -0.2) is 4.39 Å². The molecule has 0 atom stereocenters. The highest BCUT2D eigenvalue weighted by Crippen LogP contribution is 2.30. The number of amidine groups is 1. The Balaban J connectivity index is 2.32. The Bertz CT molecular complexity index is 691. The zero-order valence-corrected chi connectivity index (χ0v) is 13.7. The van der Waals surface area contributed by atoms with Gasteiger partial charge in [-0.2, -0.15) is 0 Å². The van der Waals surface area contributed by atoms with Gasteiger partial charge in [0.25, 0.3) is 0 Å². The average molecular weight is 371 g/mol. The second kappa shape index (κ2) is 6.45. The van der Waals surface area contributed by atoms with Gasteiger partial charge in [-0.15, -0.1) is 0 Å². The molecule has 0 aliphatic rings. The molecule has 0 saturated heterocycles. The van der Waals surface area contributed by atoms with E-state index in [2.05, 4.69) is 15.9 Å². The number of halogens is 3. The van der Waals surface area contributed by atoms with Crippen molar-refractivity contribution in [3.63, 3.8) is 0 Å². The predicted molar refractivity (Wildman–Crippen MR) is 88.7 cm³/mol. The van der Waals surface area contributed by atoms with E-state index in [1.54, 1.807) is 30.1 Å². The summed E-state index contributed by atoms with van der Waals surface area (Å²) in [4.78, 5) is 1.76. The quantitative estimate of drug-likeness (QED) is 0.627. The topological polar surface area (TPSA) is 53.1 Å². The number of benzene rings is 2. The predicted octanol–water partition coefficient (Wildman–Crippen LogP) is 4.16. The molecule has 0 fully saturated rings. The molecular formula is C15H14BrClFN3. The van der Waals surface area contributed by atoms with Crippen LogP contribution in [0, 0.1) is 11.2 Å². The molecule has 21 heavy (non-hydrogen) atoms. The van der Waals surface area contributed by atoms with Gasteiger partial charge in [-0.1, -0.05) is 29.8 Å². The summed E-state index contributed by atoms with van der Waals surface area (Å²) in [5, 5.41) is 8.05. The Hall–Kier alpha value is -1.59. The number of hydrogen-bond donors (Lipinski definition) is 2. The van der Waals surface area contributed by atoms with E-state index in [0.29, 0.717) is 22.8 Å². The molecule has 0 aliphatic carbocycles. The Labute approximate surface area is 136 Å². The zero-order valence-electron chi connectivity index (χ0n) is 11.3. The van der Waals surface area contributed by atoms with Crippen LogP contribution in [0.1, 0.15) is 11.1 Å². The molecule has 110 valence electrons. The van der Waals surface area contributed by atoms with Crippen LogP contribution in [-0.4, -0.2) is 12.9 Å². The van der Waals surface area contributed by atoms with Gasteiger partial charge in [0.2, 0.25) is 0 Å². The molecule has 0 spiro atoms. The van der Waals surface area contributed by atoms with Crippen LogP contribution in [0.2, 0.25) is 5.02 Å². The van der Waals surface area contributed by atoms with E-state index >= 15 is 0 Å². The normalized spacial score (nSPS) is 10.5. The number of hydrogen-bond acceptors (Lipinski definition) is 2. The Morgan fingerprint density at radius 1 is 1.33 bits per heavy atom. The summed E-state index contributed by atoms with van der Waals surface area (Å²) in [5.41, 5.74) is 7.06. The summed E-state index contributed by atoms with van der Waals surface area (Å²) >= 11 is 9.27. The summed E-state index contributed by atoms with van der Waals surface area (Å²) in [6.07, 6.45) is 0.